The molecule has 0 aromatic heterocycles. The number of nitrogens with zero attached hydrogens (tertiary/aromatic N) is 1. The van der Waals surface area contributed by atoms with Gasteiger partial charge < -0.3 is 15.2 Å². The van der Waals surface area contributed by atoms with Crippen LogP contribution in [0.5, 0.6) is 0 Å². The van der Waals surface area contributed by atoms with Crippen LogP contribution in [0.3, 0.4) is 0 Å². The average Bonchev–Trinajstić information content (AvgIpc) is 2.91. The number of hydrogen-bond donors (Lipinski definition) is 1. The van der Waals surface area contributed by atoms with Gasteiger partial charge in [0, 0.05) is 39.4 Å². The van der Waals surface area contributed by atoms with Gasteiger partial charge in [0.2, 0.25) is 0 Å². The Hall–Kier alpha value is -0.160. The molecule has 2 unspecified atom stereocenters. The largest absolute Gasteiger partial charge is 0.377 e. The van der Waals surface area contributed by atoms with Crippen LogP contribution in [0.25, 0.3) is 0 Å². The summed E-state index contributed by atoms with van der Waals surface area (Å²) in [4.78, 5) is 2.44. The number of nitrogens with two attached hydrogens (primary N) is 1. The predicted molar refractivity (Wildman–Crippen MR) is 54.2 cm³/mol. The minimum Gasteiger partial charge on any atom is -0.377 e. The molecule has 1 heterocycles. The zero-order chi connectivity index (χ0) is 10.2. The van der Waals surface area contributed by atoms with Crippen LogP contribution in [-0.4, -0.2) is 56.5 Å². The molecule has 2 rings (SSSR count). The van der Waals surface area contributed by atoms with Crippen LogP contribution in [0.1, 0.15) is 12.8 Å². The molecule has 0 bridgehead atoms. The molecular formula is C10H20N2O2. The number of ether oxygens (including phenoxy) is 2. The second-order valence-corrected chi connectivity index (χ2v) is 4.38. The molecule has 0 aromatic rings. The molecule has 2 atom stereocenters. The van der Waals surface area contributed by atoms with Crippen molar-refractivity contribution in [1.29, 1.82) is 0 Å². The Kier molecular flexibility index (Phi) is 2.79. The number of hydrogen-bond acceptors (Lipinski definition) is 4. The molecule has 4 nitrogen and oxygen atoms in total. The molecule has 0 aromatic carbocycles. The summed E-state index contributed by atoms with van der Waals surface area (Å²) < 4.78 is 10.8. The molecular weight excluding hydrogens is 180 g/mol. The van der Waals surface area contributed by atoms with Crippen LogP contribution in [-0.2, 0) is 9.47 Å². The second-order valence-electron chi connectivity index (χ2n) is 4.38. The van der Waals surface area contributed by atoms with Gasteiger partial charge in [-0.05, 0) is 12.8 Å². The molecule has 0 radical (unpaired) electrons. The minimum absolute atomic E-state index is 0.212. The third-order valence-corrected chi connectivity index (χ3v) is 3.70. The lowest BCUT2D eigenvalue weighted by atomic mass is 10.2. The lowest BCUT2D eigenvalue weighted by molar-refractivity contribution is -0.00461. The SMILES string of the molecule is COC1CN(C2(CN)CC2)CC1OC. The summed E-state index contributed by atoms with van der Waals surface area (Å²) in [5.74, 6) is 0. The molecule has 1 saturated heterocycles. The van der Waals surface area contributed by atoms with Crippen molar-refractivity contribution in [3.05, 3.63) is 0 Å². The highest BCUT2D eigenvalue weighted by molar-refractivity contribution is 5.08. The van der Waals surface area contributed by atoms with Crippen LogP contribution in [0, 0.1) is 0 Å². The molecule has 2 N–H and O–H groups in total. The van der Waals surface area contributed by atoms with Gasteiger partial charge in [-0.1, -0.05) is 0 Å². The molecule has 1 aliphatic carbocycles. The molecule has 82 valence electrons. The van der Waals surface area contributed by atoms with Crippen LogP contribution in [0.2, 0.25) is 0 Å². The standard InChI is InChI=1S/C10H20N2O2/c1-13-8-5-12(6-9(8)14-2)10(7-11)3-4-10/h8-9H,3-7,11H2,1-2H3. The normalized spacial score (nSPS) is 36.2. The maximum Gasteiger partial charge on any atom is 0.0972 e. The Morgan fingerprint density at radius 3 is 2.00 bits per heavy atom. The fourth-order valence-corrected chi connectivity index (χ4v) is 2.38. The van der Waals surface area contributed by atoms with Crippen LogP contribution in [0.15, 0.2) is 0 Å². The molecule has 1 aliphatic heterocycles. The van der Waals surface area contributed by atoms with Crippen molar-refractivity contribution >= 4 is 0 Å². The summed E-state index contributed by atoms with van der Waals surface area (Å²) >= 11 is 0. The lowest BCUT2D eigenvalue weighted by Gasteiger charge is -2.25. The summed E-state index contributed by atoms with van der Waals surface area (Å²) in [6.07, 6.45) is 2.89. The zero-order valence-electron chi connectivity index (χ0n) is 9.03. The maximum absolute atomic E-state index is 5.80. The van der Waals surface area contributed by atoms with E-state index < -0.39 is 0 Å². The number of likely N-dealkylation sites (tertiary alicyclic amines) is 1. The second kappa shape index (κ2) is 3.77. The third kappa shape index (κ3) is 1.56. The zero-order valence-corrected chi connectivity index (χ0v) is 9.03. The Morgan fingerprint density at radius 2 is 1.71 bits per heavy atom. The monoisotopic (exact) mass is 200 g/mol. The van der Waals surface area contributed by atoms with Crippen LogP contribution in [0.4, 0.5) is 0 Å². The van der Waals surface area contributed by atoms with Crippen molar-refractivity contribution in [2.45, 2.75) is 30.6 Å². The molecule has 2 fully saturated rings. The quantitative estimate of drug-likeness (QED) is 0.684. The lowest BCUT2D eigenvalue weighted by Crippen LogP contribution is -2.42. The van der Waals surface area contributed by atoms with Gasteiger partial charge in [0.05, 0.1) is 12.2 Å². The van der Waals surface area contributed by atoms with Gasteiger partial charge >= 0.3 is 0 Å². The topological polar surface area (TPSA) is 47.7 Å². The smallest absolute Gasteiger partial charge is 0.0972 e. The van der Waals surface area contributed by atoms with E-state index in [1.54, 1.807) is 14.2 Å². The molecule has 1 saturated carbocycles. The van der Waals surface area contributed by atoms with Crippen molar-refractivity contribution < 1.29 is 9.47 Å². The van der Waals surface area contributed by atoms with Gasteiger partial charge in [-0.2, -0.15) is 0 Å². The summed E-state index contributed by atoms with van der Waals surface area (Å²) in [5, 5.41) is 0. The predicted octanol–water partition coefficient (Wildman–Crippen LogP) is -0.177. The van der Waals surface area contributed by atoms with Crippen LogP contribution < -0.4 is 5.73 Å². The Balaban J connectivity index is 1.98. The Morgan fingerprint density at radius 1 is 1.21 bits per heavy atom. The molecule has 4 heteroatoms. The van der Waals surface area contributed by atoms with Gasteiger partial charge in [-0.3, -0.25) is 4.90 Å². The third-order valence-electron chi connectivity index (χ3n) is 3.70. The molecule has 0 amide bonds. The molecule has 0 spiro atoms. The highest BCUT2D eigenvalue weighted by atomic mass is 16.5. The summed E-state index contributed by atoms with van der Waals surface area (Å²) in [7, 11) is 3.50. The Labute approximate surface area is 85.3 Å². The maximum atomic E-state index is 5.80. The fraction of sp³-hybridized carbons (Fsp3) is 1.00. The Bertz CT molecular complexity index is 194. The van der Waals surface area contributed by atoms with Crippen molar-refractivity contribution in [3.63, 3.8) is 0 Å². The van der Waals surface area contributed by atoms with E-state index in [-0.39, 0.29) is 17.7 Å². The number of rotatable bonds is 4. The first-order valence-electron chi connectivity index (χ1n) is 5.26. The molecule has 14 heavy (non-hydrogen) atoms. The fourth-order valence-electron chi connectivity index (χ4n) is 2.38. The van der Waals surface area contributed by atoms with E-state index in [1.165, 1.54) is 12.8 Å². The van der Waals surface area contributed by atoms with Gasteiger partial charge in [0.15, 0.2) is 0 Å². The first-order valence-corrected chi connectivity index (χ1v) is 5.26. The van der Waals surface area contributed by atoms with E-state index in [1.807, 2.05) is 0 Å². The first-order chi connectivity index (χ1) is 6.75. The van der Waals surface area contributed by atoms with Gasteiger partial charge in [-0.25, -0.2) is 0 Å². The van der Waals surface area contributed by atoms with Crippen molar-refractivity contribution in [2.24, 2.45) is 5.73 Å². The van der Waals surface area contributed by atoms with Gasteiger partial charge in [0.1, 0.15) is 0 Å². The highest BCUT2D eigenvalue weighted by Crippen LogP contribution is 2.42. The van der Waals surface area contributed by atoms with Crippen molar-refractivity contribution in [3.8, 4) is 0 Å². The van der Waals surface area contributed by atoms with E-state index in [2.05, 4.69) is 4.90 Å². The summed E-state index contributed by atoms with van der Waals surface area (Å²) in [5.41, 5.74) is 6.08. The first kappa shape index (κ1) is 10.4. The number of methoxy groups -OCH3 is 2. The van der Waals surface area contributed by atoms with Crippen LogP contribution >= 0.6 is 0 Å². The van der Waals surface area contributed by atoms with Crippen molar-refractivity contribution in [1.82, 2.24) is 4.90 Å². The summed E-state index contributed by atoms with van der Waals surface area (Å²) in [6, 6.07) is 0. The van der Waals surface area contributed by atoms with Gasteiger partial charge in [-0.15, -0.1) is 0 Å². The average molecular weight is 200 g/mol. The minimum atomic E-state index is 0.212. The highest BCUT2D eigenvalue weighted by Gasteiger charge is 2.51. The molecule has 2 aliphatic rings. The summed E-state index contributed by atoms with van der Waals surface area (Å²) in [6.45, 7) is 2.69. The van der Waals surface area contributed by atoms with E-state index in [0.29, 0.717) is 0 Å². The van der Waals surface area contributed by atoms with E-state index in [9.17, 15) is 0 Å². The van der Waals surface area contributed by atoms with Crippen molar-refractivity contribution in [2.75, 3.05) is 33.9 Å². The van der Waals surface area contributed by atoms with Gasteiger partial charge in [0.25, 0.3) is 0 Å². The van der Waals surface area contributed by atoms with E-state index >= 15 is 0 Å². The van der Waals surface area contributed by atoms with E-state index in [0.717, 1.165) is 19.6 Å². The van der Waals surface area contributed by atoms with E-state index in [4.69, 9.17) is 15.2 Å².